The summed E-state index contributed by atoms with van der Waals surface area (Å²) in [5, 5.41) is 7.28. The smallest absolute Gasteiger partial charge is 0.255 e. The van der Waals surface area contributed by atoms with Gasteiger partial charge in [-0.3, -0.25) is 9.59 Å². The van der Waals surface area contributed by atoms with E-state index in [1.807, 2.05) is 48.5 Å². The van der Waals surface area contributed by atoms with Crippen molar-refractivity contribution < 1.29 is 9.59 Å². The Bertz CT molecular complexity index is 1240. The van der Waals surface area contributed by atoms with Crippen LogP contribution in [0.2, 0.25) is 20.1 Å². The molecule has 0 bridgehead atoms. The van der Waals surface area contributed by atoms with E-state index in [0.717, 1.165) is 11.1 Å². The van der Waals surface area contributed by atoms with Crippen molar-refractivity contribution in [3.05, 3.63) is 127 Å². The molecular formula is C27H18Cl4N2O2. The minimum absolute atomic E-state index is 0.292. The molecule has 0 saturated carbocycles. The van der Waals surface area contributed by atoms with Gasteiger partial charge in [0.15, 0.2) is 0 Å². The number of rotatable bonds is 6. The highest BCUT2D eigenvalue weighted by Gasteiger charge is 2.10. The third-order valence-electron chi connectivity index (χ3n) is 5.08. The van der Waals surface area contributed by atoms with Crippen LogP contribution in [0.4, 0.5) is 11.4 Å². The first-order valence-corrected chi connectivity index (χ1v) is 12.0. The SMILES string of the molecule is O=C(Nc1ccc(Cc2ccc(NC(=O)c3cc(Cl)cc(Cl)c3)cc2)cc1)c1cc(Cl)cc(Cl)c1. The molecule has 4 aromatic carbocycles. The maximum atomic E-state index is 12.5. The van der Waals surface area contributed by atoms with Crippen molar-refractivity contribution in [1.82, 2.24) is 0 Å². The number of carbonyl (C=O) groups is 2. The first-order chi connectivity index (χ1) is 16.7. The van der Waals surface area contributed by atoms with Crippen molar-refractivity contribution in [1.29, 1.82) is 0 Å². The topological polar surface area (TPSA) is 58.2 Å². The largest absolute Gasteiger partial charge is 0.322 e. The van der Waals surface area contributed by atoms with E-state index in [-0.39, 0.29) is 11.8 Å². The normalized spacial score (nSPS) is 10.6. The van der Waals surface area contributed by atoms with Gasteiger partial charge in [-0.2, -0.15) is 0 Å². The second kappa shape index (κ2) is 11.1. The fraction of sp³-hybridized carbons (Fsp3) is 0.0370. The van der Waals surface area contributed by atoms with Gasteiger partial charge >= 0.3 is 0 Å². The summed E-state index contributed by atoms with van der Waals surface area (Å²) < 4.78 is 0. The summed E-state index contributed by atoms with van der Waals surface area (Å²) in [5.74, 6) is -0.584. The number of halogens is 4. The number of nitrogens with one attached hydrogen (secondary N) is 2. The zero-order valence-corrected chi connectivity index (χ0v) is 21.1. The molecule has 4 aromatic rings. The van der Waals surface area contributed by atoms with E-state index < -0.39 is 0 Å². The molecular weight excluding hydrogens is 526 g/mol. The molecule has 4 rings (SSSR count). The average molecular weight is 544 g/mol. The molecule has 0 unspecified atom stereocenters. The molecule has 0 fully saturated rings. The van der Waals surface area contributed by atoms with E-state index in [1.54, 1.807) is 36.4 Å². The van der Waals surface area contributed by atoms with E-state index in [2.05, 4.69) is 10.6 Å². The predicted octanol–water partition coefficient (Wildman–Crippen LogP) is 8.40. The summed E-state index contributed by atoms with van der Waals surface area (Å²) in [6.07, 6.45) is 0.691. The molecule has 0 spiro atoms. The lowest BCUT2D eigenvalue weighted by Crippen LogP contribution is -2.12. The monoisotopic (exact) mass is 542 g/mol. The Kier molecular flexibility index (Phi) is 7.99. The van der Waals surface area contributed by atoms with E-state index >= 15 is 0 Å². The summed E-state index contributed by atoms with van der Waals surface area (Å²) in [6, 6.07) is 24.5. The predicted molar refractivity (Wildman–Crippen MR) is 145 cm³/mol. The number of anilines is 2. The van der Waals surface area contributed by atoms with Gasteiger partial charge in [-0.25, -0.2) is 0 Å². The molecule has 176 valence electrons. The summed E-state index contributed by atoms with van der Waals surface area (Å²) in [7, 11) is 0. The minimum Gasteiger partial charge on any atom is -0.322 e. The zero-order valence-electron chi connectivity index (χ0n) is 18.1. The summed E-state index contributed by atoms with van der Waals surface area (Å²) in [6.45, 7) is 0. The second-order valence-corrected chi connectivity index (χ2v) is 9.54. The first kappa shape index (κ1) is 25.1. The fourth-order valence-corrected chi connectivity index (χ4v) is 4.48. The Morgan fingerprint density at radius 2 is 0.829 bits per heavy atom. The molecule has 35 heavy (non-hydrogen) atoms. The van der Waals surface area contributed by atoms with Gasteiger partial charge in [0, 0.05) is 42.6 Å². The summed E-state index contributed by atoms with van der Waals surface area (Å²) in [4.78, 5) is 24.9. The Hall–Kier alpha value is -3.02. The Balaban J connectivity index is 1.35. The van der Waals surface area contributed by atoms with E-state index in [0.29, 0.717) is 49.0 Å². The fourth-order valence-electron chi connectivity index (χ4n) is 3.42. The van der Waals surface area contributed by atoms with Gasteiger partial charge in [-0.15, -0.1) is 0 Å². The van der Waals surface area contributed by atoms with Crippen molar-refractivity contribution in [3.8, 4) is 0 Å². The molecule has 0 aliphatic rings. The lowest BCUT2D eigenvalue weighted by atomic mass is 10.0. The third-order valence-corrected chi connectivity index (χ3v) is 5.95. The van der Waals surface area contributed by atoms with Crippen molar-refractivity contribution in [2.75, 3.05) is 10.6 Å². The molecule has 2 amide bonds. The second-order valence-electron chi connectivity index (χ2n) is 7.80. The van der Waals surface area contributed by atoms with Crippen LogP contribution in [0.5, 0.6) is 0 Å². The molecule has 0 atom stereocenters. The van der Waals surface area contributed by atoms with Crippen LogP contribution in [0.25, 0.3) is 0 Å². The van der Waals surface area contributed by atoms with E-state index in [9.17, 15) is 9.59 Å². The van der Waals surface area contributed by atoms with Crippen LogP contribution in [0, 0.1) is 0 Å². The molecule has 0 aromatic heterocycles. The van der Waals surface area contributed by atoms with Crippen LogP contribution in [0.1, 0.15) is 31.8 Å². The van der Waals surface area contributed by atoms with Gasteiger partial charge in [0.05, 0.1) is 0 Å². The molecule has 0 heterocycles. The highest BCUT2D eigenvalue weighted by molar-refractivity contribution is 6.36. The molecule has 0 radical (unpaired) electrons. The zero-order chi connectivity index (χ0) is 24.9. The number of benzene rings is 4. The number of hydrogen-bond donors (Lipinski definition) is 2. The van der Waals surface area contributed by atoms with Crippen molar-refractivity contribution in [3.63, 3.8) is 0 Å². The number of carbonyl (C=O) groups excluding carboxylic acids is 2. The molecule has 4 nitrogen and oxygen atoms in total. The van der Waals surface area contributed by atoms with Gasteiger partial charge in [-0.1, -0.05) is 70.7 Å². The highest BCUT2D eigenvalue weighted by Crippen LogP contribution is 2.22. The van der Waals surface area contributed by atoms with Crippen molar-refractivity contribution >= 4 is 69.6 Å². The molecule has 0 saturated heterocycles. The lowest BCUT2D eigenvalue weighted by Gasteiger charge is -2.09. The van der Waals surface area contributed by atoms with Crippen LogP contribution in [-0.2, 0) is 6.42 Å². The van der Waals surface area contributed by atoms with Crippen LogP contribution in [-0.4, -0.2) is 11.8 Å². The quantitative estimate of drug-likeness (QED) is 0.256. The van der Waals surface area contributed by atoms with Gasteiger partial charge in [0.25, 0.3) is 11.8 Å². The molecule has 0 aliphatic carbocycles. The van der Waals surface area contributed by atoms with Crippen LogP contribution in [0.3, 0.4) is 0 Å². The van der Waals surface area contributed by atoms with E-state index in [4.69, 9.17) is 46.4 Å². The van der Waals surface area contributed by atoms with Gasteiger partial charge < -0.3 is 10.6 Å². The van der Waals surface area contributed by atoms with Gasteiger partial charge in [0.2, 0.25) is 0 Å². The Morgan fingerprint density at radius 3 is 1.14 bits per heavy atom. The maximum absolute atomic E-state index is 12.5. The number of amides is 2. The van der Waals surface area contributed by atoms with Crippen LogP contribution in [0.15, 0.2) is 84.9 Å². The Morgan fingerprint density at radius 1 is 0.514 bits per heavy atom. The Labute approximate surface area is 222 Å². The molecule has 8 heteroatoms. The standard InChI is InChI=1S/C27H18Cl4N2O2/c28-20-10-18(11-21(29)14-20)26(34)32-24-5-1-16(2-6-24)9-17-3-7-25(8-4-17)33-27(35)19-12-22(30)15-23(31)13-19/h1-8,10-15H,9H2,(H,32,34)(H,33,35). The third kappa shape index (κ3) is 7.00. The summed E-state index contributed by atoms with van der Waals surface area (Å²) >= 11 is 23.9. The minimum atomic E-state index is -0.292. The van der Waals surface area contributed by atoms with E-state index in [1.165, 1.54) is 0 Å². The van der Waals surface area contributed by atoms with Crippen molar-refractivity contribution in [2.45, 2.75) is 6.42 Å². The molecule has 0 aliphatic heterocycles. The maximum Gasteiger partial charge on any atom is 0.255 e. The van der Waals surface area contributed by atoms with Crippen LogP contribution < -0.4 is 10.6 Å². The van der Waals surface area contributed by atoms with Gasteiger partial charge in [-0.05, 0) is 78.2 Å². The molecule has 2 N–H and O–H groups in total. The first-order valence-electron chi connectivity index (χ1n) is 10.5. The van der Waals surface area contributed by atoms with Crippen molar-refractivity contribution in [2.24, 2.45) is 0 Å². The van der Waals surface area contributed by atoms with Crippen LogP contribution >= 0.6 is 46.4 Å². The highest BCUT2D eigenvalue weighted by atomic mass is 35.5. The summed E-state index contributed by atoms with van der Waals surface area (Å²) in [5.41, 5.74) is 4.23. The van der Waals surface area contributed by atoms with Gasteiger partial charge in [0.1, 0.15) is 0 Å². The lowest BCUT2D eigenvalue weighted by molar-refractivity contribution is 0.101. The number of hydrogen-bond acceptors (Lipinski definition) is 2. The average Bonchev–Trinajstić information content (AvgIpc) is 2.80.